The van der Waals surface area contributed by atoms with E-state index < -0.39 is 6.10 Å². The van der Waals surface area contributed by atoms with Gasteiger partial charge in [0.1, 0.15) is 11.3 Å². The second-order valence-corrected chi connectivity index (χ2v) is 6.78. The fourth-order valence-electron chi connectivity index (χ4n) is 3.46. The highest BCUT2D eigenvalue weighted by Crippen LogP contribution is 2.27. The summed E-state index contributed by atoms with van der Waals surface area (Å²) in [7, 11) is 0. The van der Waals surface area contributed by atoms with E-state index in [4.69, 9.17) is 8.94 Å². The summed E-state index contributed by atoms with van der Waals surface area (Å²) in [5, 5.41) is 15.1. The fraction of sp³-hybridized carbons (Fsp3) is 0.368. The van der Waals surface area contributed by atoms with Crippen molar-refractivity contribution in [1.29, 1.82) is 0 Å². The number of aliphatic hydroxyl groups excluding tert-OH is 1. The molecule has 1 amide bonds. The van der Waals surface area contributed by atoms with Crippen molar-refractivity contribution < 1.29 is 18.8 Å². The van der Waals surface area contributed by atoms with Gasteiger partial charge in [0, 0.05) is 36.9 Å². The third-order valence-corrected chi connectivity index (χ3v) is 4.79. The normalized spacial score (nSPS) is 20.5. The van der Waals surface area contributed by atoms with Crippen molar-refractivity contribution in [3.05, 3.63) is 53.1 Å². The zero-order chi connectivity index (χ0) is 17.6. The Bertz CT molecular complexity index is 927. The van der Waals surface area contributed by atoms with Gasteiger partial charge in [-0.25, -0.2) is 0 Å². The van der Waals surface area contributed by atoms with E-state index in [2.05, 4.69) is 5.16 Å². The Kier molecular flexibility index (Phi) is 3.84. The minimum absolute atomic E-state index is 0.0672. The van der Waals surface area contributed by atoms with Crippen molar-refractivity contribution in [3.8, 4) is 0 Å². The maximum Gasteiger partial charge on any atom is 0.289 e. The first-order valence-electron chi connectivity index (χ1n) is 8.40. The van der Waals surface area contributed by atoms with Gasteiger partial charge in [-0.05, 0) is 25.5 Å². The number of aromatic nitrogens is 1. The molecular weight excluding hydrogens is 320 g/mol. The Balaban J connectivity index is 1.51. The van der Waals surface area contributed by atoms with E-state index in [1.807, 2.05) is 38.1 Å². The van der Waals surface area contributed by atoms with E-state index in [0.29, 0.717) is 25.3 Å². The number of aliphatic hydroxyl groups is 1. The van der Waals surface area contributed by atoms with Crippen molar-refractivity contribution in [2.24, 2.45) is 5.92 Å². The number of hydrogen-bond donors (Lipinski definition) is 1. The molecule has 2 aromatic heterocycles. The SMILES string of the molecule is Cc1cc(CC2CN(C(=O)c3cc4cccc(C)c4o3)CC2O)on1. The molecule has 1 fully saturated rings. The smallest absolute Gasteiger partial charge is 0.289 e. The molecule has 1 aromatic carbocycles. The highest BCUT2D eigenvalue weighted by molar-refractivity contribution is 5.96. The molecular formula is C19H20N2O4. The van der Waals surface area contributed by atoms with Crippen molar-refractivity contribution in [2.45, 2.75) is 26.4 Å². The van der Waals surface area contributed by atoms with Gasteiger partial charge in [0.2, 0.25) is 0 Å². The molecule has 6 heteroatoms. The molecule has 3 heterocycles. The molecule has 0 bridgehead atoms. The summed E-state index contributed by atoms with van der Waals surface area (Å²) in [6.07, 6.45) is -0.0224. The number of amides is 1. The second-order valence-electron chi connectivity index (χ2n) is 6.78. The van der Waals surface area contributed by atoms with E-state index in [-0.39, 0.29) is 11.8 Å². The number of hydrogen-bond acceptors (Lipinski definition) is 5. The Hall–Kier alpha value is -2.60. The Labute approximate surface area is 145 Å². The first-order chi connectivity index (χ1) is 12.0. The van der Waals surface area contributed by atoms with E-state index >= 15 is 0 Å². The number of likely N-dealkylation sites (tertiary alicyclic amines) is 1. The molecule has 2 atom stereocenters. The largest absolute Gasteiger partial charge is 0.451 e. The van der Waals surface area contributed by atoms with Crippen LogP contribution < -0.4 is 0 Å². The molecule has 25 heavy (non-hydrogen) atoms. The Morgan fingerprint density at radius 2 is 2.16 bits per heavy atom. The molecule has 6 nitrogen and oxygen atoms in total. The van der Waals surface area contributed by atoms with Gasteiger partial charge < -0.3 is 18.9 Å². The third-order valence-electron chi connectivity index (χ3n) is 4.79. The number of nitrogens with zero attached hydrogens (tertiary/aromatic N) is 2. The summed E-state index contributed by atoms with van der Waals surface area (Å²) in [5.74, 6) is 0.788. The standard InChI is InChI=1S/C19H20N2O4/c1-11-4-3-5-13-8-17(24-18(11)13)19(23)21-9-14(16(22)10-21)7-15-6-12(2)20-25-15/h3-6,8,14,16,22H,7,9-10H2,1-2H3. The maximum atomic E-state index is 12.8. The van der Waals surface area contributed by atoms with Crippen molar-refractivity contribution in [1.82, 2.24) is 10.1 Å². The van der Waals surface area contributed by atoms with Gasteiger partial charge in [-0.15, -0.1) is 0 Å². The van der Waals surface area contributed by atoms with Crippen LogP contribution in [0.25, 0.3) is 11.0 Å². The minimum Gasteiger partial charge on any atom is -0.451 e. The summed E-state index contributed by atoms with van der Waals surface area (Å²) in [6.45, 7) is 4.58. The van der Waals surface area contributed by atoms with Crippen LogP contribution in [0.1, 0.15) is 27.6 Å². The lowest BCUT2D eigenvalue weighted by Gasteiger charge is -2.13. The lowest BCUT2D eigenvalue weighted by atomic mass is 10.0. The highest BCUT2D eigenvalue weighted by Gasteiger charge is 2.36. The van der Waals surface area contributed by atoms with Gasteiger partial charge in [-0.1, -0.05) is 23.4 Å². The first kappa shape index (κ1) is 15.9. The van der Waals surface area contributed by atoms with Crippen LogP contribution in [0.4, 0.5) is 0 Å². The molecule has 1 aliphatic rings. The summed E-state index contributed by atoms with van der Waals surface area (Å²) in [6, 6.07) is 9.45. The predicted octanol–water partition coefficient (Wildman–Crippen LogP) is 2.71. The average Bonchev–Trinajstić information content (AvgIpc) is 3.27. The minimum atomic E-state index is -0.583. The molecule has 1 N–H and O–H groups in total. The maximum absolute atomic E-state index is 12.8. The summed E-state index contributed by atoms with van der Waals surface area (Å²) in [4.78, 5) is 14.4. The fourth-order valence-corrected chi connectivity index (χ4v) is 3.46. The van der Waals surface area contributed by atoms with Crippen molar-refractivity contribution in [3.63, 3.8) is 0 Å². The van der Waals surface area contributed by atoms with Crippen molar-refractivity contribution in [2.75, 3.05) is 13.1 Å². The summed E-state index contributed by atoms with van der Waals surface area (Å²) >= 11 is 0. The van der Waals surface area contributed by atoms with E-state index in [1.165, 1.54) is 0 Å². The predicted molar refractivity (Wildman–Crippen MR) is 91.3 cm³/mol. The van der Waals surface area contributed by atoms with Crippen LogP contribution in [0.5, 0.6) is 0 Å². The van der Waals surface area contributed by atoms with Crippen LogP contribution in [0.15, 0.2) is 39.3 Å². The van der Waals surface area contributed by atoms with Crippen LogP contribution >= 0.6 is 0 Å². The Morgan fingerprint density at radius 1 is 1.32 bits per heavy atom. The molecule has 0 aliphatic carbocycles. The Morgan fingerprint density at radius 3 is 2.88 bits per heavy atom. The number of fused-ring (bicyclic) bond motifs is 1. The van der Waals surface area contributed by atoms with E-state index in [1.54, 1.807) is 11.0 Å². The number of para-hydroxylation sites is 1. The van der Waals surface area contributed by atoms with Crippen LogP contribution in [-0.4, -0.2) is 40.3 Å². The molecule has 2 unspecified atom stereocenters. The zero-order valence-corrected chi connectivity index (χ0v) is 14.2. The van der Waals surface area contributed by atoms with Gasteiger partial charge in [-0.2, -0.15) is 0 Å². The third kappa shape index (κ3) is 2.93. The van der Waals surface area contributed by atoms with Gasteiger partial charge in [0.15, 0.2) is 5.76 Å². The zero-order valence-electron chi connectivity index (χ0n) is 14.2. The second kappa shape index (κ2) is 6.04. The van der Waals surface area contributed by atoms with Gasteiger partial charge in [0.25, 0.3) is 5.91 Å². The monoisotopic (exact) mass is 340 g/mol. The van der Waals surface area contributed by atoms with Crippen LogP contribution in [-0.2, 0) is 6.42 Å². The first-order valence-corrected chi connectivity index (χ1v) is 8.40. The molecule has 130 valence electrons. The molecule has 1 saturated heterocycles. The highest BCUT2D eigenvalue weighted by atomic mass is 16.5. The average molecular weight is 340 g/mol. The molecule has 0 saturated carbocycles. The number of benzene rings is 1. The van der Waals surface area contributed by atoms with Crippen molar-refractivity contribution >= 4 is 16.9 Å². The number of β-amino-alcohol motifs (C(OH)–C–C–N with tert-alkyl or cyclic N) is 1. The number of rotatable bonds is 3. The number of furan rings is 1. The van der Waals surface area contributed by atoms with E-state index in [0.717, 1.165) is 28.0 Å². The van der Waals surface area contributed by atoms with Gasteiger partial charge in [0.05, 0.1) is 11.8 Å². The number of aryl methyl sites for hydroxylation is 2. The molecule has 4 rings (SSSR count). The molecule has 3 aromatic rings. The van der Waals surface area contributed by atoms with Crippen LogP contribution in [0.3, 0.4) is 0 Å². The van der Waals surface area contributed by atoms with Gasteiger partial charge in [-0.3, -0.25) is 4.79 Å². The summed E-state index contributed by atoms with van der Waals surface area (Å²) < 4.78 is 11.0. The topological polar surface area (TPSA) is 79.7 Å². The van der Waals surface area contributed by atoms with Crippen LogP contribution in [0.2, 0.25) is 0 Å². The molecule has 0 radical (unpaired) electrons. The molecule has 1 aliphatic heterocycles. The quantitative estimate of drug-likeness (QED) is 0.793. The lowest BCUT2D eigenvalue weighted by molar-refractivity contribution is 0.0736. The van der Waals surface area contributed by atoms with Crippen LogP contribution in [0, 0.1) is 19.8 Å². The summed E-state index contributed by atoms with van der Waals surface area (Å²) in [5.41, 5.74) is 2.55. The number of carbonyl (C=O) groups is 1. The van der Waals surface area contributed by atoms with Gasteiger partial charge >= 0.3 is 0 Å². The number of carbonyl (C=O) groups excluding carboxylic acids is 1. The lowest BCUT2D eigenvalue weighted by Crippen LogP contribution is -2.29. The van der Waals surface area contributed by atoms with E-state index in [9.17, 15) is 9.90 Å². The molecule has 0 spiro atoms.